The van der Waals surface area contributed by atoms with Crippen molar-refractivity contribution in [3.05, 3.63) is 72.8 Å². The van der Waals surface area contributed by atoms with Crippen molar-refractivity contribution < 1.29 is 4.74 Å². The highest BCUT2D eigenvalue weighted by atomic mass is 16.5. The summed E-state index contributed by atoms with van der Waals surface area (Å²) in [5.41, 5.74) is 4.23. The number of aromatic nitrogens is 1. The van der Waals surface area contributed by atoms with Gasteiger partial charge < -0.3 is 4.74 Å². The molecule has 0 saturated carbocycles. The zero-order valence-corrected chi connectivity index (χ0v) is 12.3. The largest absolute Gasteiger partial charge is 0.496 e. The number of hydrogen-bond donors (Lipinski definition) is 0. The third-order valence-electron chi connectivity index (χ3n) is 3.94. The van der Waals surface area contributed by atoms with E-state index in [1.807, 2.05) is 48.5 Å². The molecule has 0 atom stereocenters. The van der Waals surface area contributed by atoms with Crippen molar-refractivity contribution in [3.63, 3.8) is 0 Å². The van der Waals surface area contributed by atoms with Crippen LogP contribution in [0.3, 0.4) is 0 Å². The number of fused-ring (bicyclic) bond motifs is 2. The van der Waals surface area contributed by atoms with Crippen molar-refractivity contribution >= 4 is 21.8 Å². The van der Waals surface area contributed by atoms with E-state index in [-0.39, 0.29) is 0 Å². The third kappa shape index (κ3) is 2.01. The molecule has 2 nitrogen and oxygen atoms in total. The van der Waals surface area contributed by atoms with Crippen LogP contribution in [-0.2, 0) is 0 Å². The molecule has 0 bridgehead atoms. The highest BCUT2D eigenvalue weighted by Crippen LogP contribution is 2.37. The summed E-state index contributed by atoms with van der Waals surface area (Å²) in [6, 6.07) is 24.7. The Bertz CT molecular complexity index is 961. The quantitative estimate of drug-likeness (QED) is 0.480. The molecular formula is C20H15NO. The first-order valence-electron chi connectivity index (χ1n) is 7.29. The molecule has 0 N–H and O–H groups in total. The molecule has 0 aliphatic rings. The first kappa shape index (κ1) is 12.8. The fourth-order valence-electron chi connectivity index (χ4n) is 2.90. The molecule has 22 heavy (non-hydrogen) atoms. The summed E-state index contributed by atoms with van der Waals surface area (Å²) >= 11 is 0. The van der Waals surface area contributed by atoms with Crippen molar-refractivity contribution in [2.45, 2.75) is 0 Å². The molecule has 4 aromatic rings. The lowest BCUT2D eigenvalue weighted by atomic mass is 9.98. The maximum Gasteiger partial charge on any atom is 0.127 e. The first-order valence-corrected chi connectivity index (χ1v) is 7.29. The van der Waals surface area contributed by atoms with Gasteiger partial charge in [0.2, 0.25) is 0 Å². The Labute approximate surface area is 129 Å². The van der Waals surface area contributed by atoms with Crippen LogP contribution in [0.2, 0.25) is 0 Å². The fraction of sp³-hybridized carbons (Fsp3) is 0.0500. The minimum atomic E-state index is 0.871. The average Bonchev–Trinajstić information content (AvgIpc) is 2.59. The Morgan fingerprint density at radius 1 is 0.773 bits per heavy atom. The van der Waals surface area contributed by atoms with Gasteiger partial charge in [0.25, 0.3) is 0 Å². The smallest absolute Gasteiger partial charge is 0.127 e. The van der Waals surface area contributed by atoms with Crippen LogP contribution in [0.5, 0.6) is 5.75 Å². The molecule has 4 rings (SSSR count). The fourth-order valence-corrected chi connectivity index (χ4v) is 2.90. The summed E-state index contributed by atoms with van der Waals surface area (Å²) < 4.78 is 5.59. The lowest BCUT2D eigenvalue weighted by Gasteiger charge is -2.13. The minimum absolute atomic E-state index is 0.871. The predicted molar refractivity (Wildman–Crippen MR) is 91.2 cm³/mol. The number of pyridine rings is 1. The van der Waals surface area contributed by atoms with Crippen LogP contribution in [0.1, 0.15) is 0 Å². The summed E-state index contributed by atoms with van der Waals surface area (Å²) in [7, 11) is 1.71. The molecule has 0 saturated heterocycles. The maximum atomic E-state index is 5.59. The van der Waals surface area contributed by atoms with Crippen molar-refractivity contribution in [2.75, 3.05) is 7.11 Å². The predicted octanol–water partition coefficient (Wildman–Crippen LogP) is 5.06. The van der Waals surface area contributed by atoms with Crippen molar-refractivity contribution in [3.8, 4) is 16.9 Å². The second-order valence-corrected chi connectivity index (χ2v) is 5.26. The molecule has 0 aliphatic carbocycles. The second-order valence-electron chi connectivity index (χ2n) is 5.26. The van der Waals surface area contributed by atoms with Gasteiger partial charge in [-0.3, -0.25) is 0 Å². The number of benzene rings is 3. The number of nitrogens with zero attached hydrogens (tertiary/aromatic N) is 1. The van der Waals surface area contributed by atoms with Crippen LogP contribution >= 0.6 is 0 Å². The summed E-state index contributed by atoms with van der Waals surface area (Å²) in [6.45, 7) is 0. The van der Waals surface area contributed by atoms with Gasteiger partial charge in [0.1, 0.15) is 5.75 Å². The van der Waals surface area contributed by atoms with Gasteiger partial charge in [-0.2, -0.15) is 0 Å². The molecule has 0 spiro atoms. The Hall–Kier alpha value is -2.87. The van der Waals surface area contributed by atoms with Crippen molar-refractivity contribution in [2.24, 2.45) is 0 Å². The highest BCUT2D eigenvalue weighted by molar-refractivity contribution is 6.03. The molecule has 0 unspecified atom stereocenters. The average molecular weight is 285 g/mol. The lowest BCUT2D eigenvalue weighted by Crippen LogP contribution is -1.91. The van der Waals surface area contributed by atoms with Gasteiger partial charge in [-0.25, -0.2) is 4.98 Å². The van der Waals surface area contributed by atoms with E-state index in [0.29, 0.717) is 0 Å². The van der Waals surface area contributed by atoms with Crippen LogP contribution in [0.25, 0.3) is 32.9 Å². The number of para-hydroxylation sites is 1. The standard InChI is InChI=1S/C20H15NO/c1-22-19-12-11-18-16(20(19)14-7-3-2-4-8-14)13-15-9-5-6-10-17(15)21-18/h2-13H,1H3. The zero-order valence-electron chi connectivity index (χ0n) is 12.3. The van der Waals surface area contributed by atoms with Gasteiger partial charge >= 0.3 is 0 Å². The first-order chi connectivity index (χ1) is 10.9. The molecule has 0 radical (unpaired) electrons. The highest BCUT2D eigenvalue weighted by Gasteiger charge is 2.12. The van der Waals surface area contributed by atoms with Crippen molar-refractivity contribution in [1.29, 1.82) is 0 Å². The lowest BCUT2D eigenvalue weighted by molar-refractivity contribution is 0.417. The van der Waals surface area contributed by atoms with Crippen LogP contribution in [0.15, 0.2) is 72.8 Å². The Balaban J connectivity index is 2.13. The van der Waals surface area contributed by atoms with Crippen molar-refractivity contribution in [1.82, 2.24) is 4.98 Å². The molecule has 0 fully saturated rings. The molecule has 2 heteroatoms. The van der Waals surface area contributed by atoms with E-state index in [9.17, 15) is 0 Å². The maximum absolute atomic E-state index is 5.59. The number of methoxy groups -OCH3 is 1. The van der Waals surface area contributed by atoms with Gasteiger partial charge in [-0.15, -0.1) is 0 Å². The summed E-state index contributed by atoms with van der Waals surface area (Å²) in [4.78, 5) is 4.78. The van der Waals surface area contributed by atoms with E-state index in [0.717, 1.165) is 38.7 Å². The molecule has 3 aromatic carbocycles. The second kappa shape index (κ2) is 5.15. The van der Waals surface area contributed by atoms with Gasteiger partial charge in [0.05, 0.1) is 18.1 Å². The Morgan fingerprint density at radius 2 is 1.55 bits per heavy atom. The number of hydrogen-bond acceptors (Lipinski definition) is 2. The summed E-state index contributed by atoms with van der Waals surface area (Å²) in [5.74, 6) is 0.871. The van der Waals surface area contributed by atoms with E-state index < -0.39 is 0 Å². The number of ether oxygens (including phenoxy) is 1. The van der Waals surface area contributed by atoms with Gasteiger partial charge in [-0.1, -0.05) is 48.5 Å². The van der Waals surface area contributed by atoms with Crippen LogP contribution in [-0.4, -0.2) is 12.1 Å². The minimum Gasteiger partial charge on any atom is -0.496 e. The topological polar surface area (TPSA) is 22.1 Å². The molecule has 1 heterocycles. The van der Waals surface area contributed by atoms with Gasteiger partial charge in [0, 0.05) is 16.3 Å². The number of rotatable bonds is 2. The third-order valence-corrected chi connectivity index (χ3v) is 3.94. The van der Waals surface area contributed by atoms with E-state index >= 15 is 0 Å². The summed E-state index contributed by atoms with van der Waals surface area (Å²) in [6.07, 6.45) is 0. The van der Waals surface area contributed by atoms with Crippen LogP contribution in [0.4, 0.5) is 0 Å². The zero-order chi connectivity index (χ0) is 14.9. The molecular weight excluding hydrogens is 270 g/mol. The normalized spacial score (nSPS) is 11.0. The monoisotopic (exact) mass is 285 g/mol. The van der Waals surface area contributed by atoms with E-state index in [2.05, 4.69) is 24.3 Å². The molecule has 1 aromatic heterocycles. The Morgan fingerprint density at radius 3 is 2.36 bits per heavy atom. The van der Waals surface area contributed by atoms with Gasteiger partial charge in [0.15, 0.2) is 0 Å². The van der Waals surface area contributed by atoms with E-state index in [4.69, 9.17) is 9.72 Å². The van der Waals surface area contributed by atoms with Crippen LogP contribution < -0.4 is 4.74 Å². The van der Waals surface area contributed by atoms with Crippen LogP contribution in [0, 0.1) is 0 Å². The van der Waals surface area contributed by atoms with E-state index in [1.54, 1.807) is 7.11 Å². The van der Waals surface area contributed by atoms with E-state index in [1.165, 1.54) is 0 Å². The molecule has 0 aliphatic heterocycles. The summed E-state index contributed by atoms with van der Waals surface area (Å²) in [5, 5.41) is 2.25. The van der Waals surface area contributed by atoms with Gasteiger partial charge in [-0.05, 0) is 29.8 Å². The Kier molecular flexibility index (Phi) is 3.01. The SMILES string of the molecule is COc1ccc2nc3ccccc3cc2c1-c1ccccc1. The molecule has 0 amide bonds. The molecule has 106 valence electrons.